The highest BCUT2D eigenvalue weighted by atomic mass is 16.6. The summed E-state index contributed by atoms with van der Waals surface area (Å²) >= 11 is 0. The normalized spacial score (nSPS) is 18.6. The van der Waals surface area contributed by atoms with Crippen LogP contribution in [0.15, 0.2) is 54.6 Å². The maximum Gasteiger partial charge on any atom is 0.264 e. The molecule has 0 radical (unpaired) electrons. The average Bonchev–Trinajstić information content (AvgIpc) is 3.24. The summed E-state index contributed by atoms with van der Waals surface area (Å²) in [7, 11) is 1.56. The first-order chi connectivity index (χ1) is 15.2. The van der Waals surface area contributed by atoms with E-state index >= 15 is 0 Å². The Balaban J connectivity index is 1.18. The van der Waals surface area contributed by atoms with Crippen LogP contribution in [0.1, 0.15) is 5.56 Å². The average molecular weight is 419 g/mol. The lowest BCUT2D eigenvalue weighted by atomic mass is 10.0. The third-order valence-electron chi connectivity index (χ3n) is 5.25. The summed E-state index contributed by atoms with van der Waals surface area (Å²) in [4.78, 5) is 12.5. The smallest absolute Gasteiger partial charge is 0.264 e. The number of methoxy groups -OCH3 is 1. The number of carbonyl (C=O) groups excluding carboxylic acids is 1. The van der Waals surface area contributed by atoms with Crippen molar-refractivity contribution >= 4 is 5.91 Å². The molecule has 3 heterocycles. The quantitative estimate of drug-likeness (QED) is 0.679. The number of fused-ring (bicyclic) bond motifs is 2. The predicted octanol–water partition coefficient (Wildman–Crippen LogP) is 2.41. The number of rotatable bonds is 5. The third-order valence-corrected chi connectivity index (χ3v) is 5.25. The SMILES string of the molecule is COc1ccc(-c2ccc3c(c2)C[C@@H](CNC(=O)[C@@H]2COc4ccccc4O2)O3)nn1. The Kier molecular flexibility index (Phi) is 5.03. The maximum absolute atomic E-state index is 12.5. The van der Waals surface area contributed by atoms with Crippen molar-refractivity contribution in [3.63, 3.8) is 0 Å². The second-order valence-electron chi connectivity index (χ2n) is 7.34. The van der Waals surface area contributed by atoms with E-state index in [4.69, 9.17) is 18.9 Å². The van der Waals surface area contributed by atoms with Crippen LogP contribution in [0.25, 0.3) is 11.3 Å². The van der Waals surface area contributed by atoms with Gasteiger partial charge in [0.2, 0.25) is 12.0 Å². The van der Waals surface area contributed by atoms with E-state index in [0.717, 1.165) is 22.6 Å². The first-order valence-corrected chi connectivity index (χ1v) is 10.0. The van der Waals surface area contributed by atoms with E-state index < -0.39 is 6.10 Å². The van der Waals surface area contributed by atoms with Crippen LogP contribution in [0.3, 0.4) is 0 Å². The second-order valence-corrected chi connectivity index (χ2v) is 7.34. The number of hydrogen-bond acceptors (Lipinski definition) is 7. The molecule has 8 heteroatoms. The van der Waals surface area contributed by atoms with Gasteiger partial charge in [0.15, 0.2) is 11.5 Å². The lowest BCUT2D eigenvalue weighted by Gasteiger charge is -2.25. The molecule has 0 saturated carbocycles. The van der Waals surface area contributed by atoms with E-state index in [1.807, 2.05) is 42.5 Å². The van der Waals surface area contributed by atoms with E-state index in [1.165, 1.54) is 0 Å². The molecule has 2 aliphatic rings. The molecule has 2 aliphatic heterocycles. The van der Waals surface area contributed by atoms with Gasteiger partial charge in [-0.15, -0.1) is 10.2 Å². The first kappa shape index (κ1) is 19.2. The van der Waals surface area contributed by atoms with Crippen LogP contribution in [0, 0.1) is 0 Å². The Morgan fingerprint density at radius 2 is 1.94 bits per heavy atom. The van der Waals surface area contributed by atoms with Gasteiger partial charge in [-0.2, -0.15) is 0 Å². The van der Waals surface area contributed by atoms with Crippen LogP contribution in [-0.2, 0) is 11.2 Å². The Morgan fingerprint density at radius 1 is 1.06 bits per heavy atom. The van der Waals surface area contributed by atoms with Gasteiger partial charge in [-0.25, -0.2) is 0 Å². The monoisotopic (exact) mass is 419 g/mol. The highest BCUT2D eigenvalue weighted by Gasteiger charge is 2.29. The summed E-state index contributed by atoms with van der Waals surface area (Å²) in [5, 5.41) is 11.1. The summed E-state index contributed by atoms with van der Waals surface area (Å²) in [5.41, 5.74) is 2.78. The fourth-order valence-electron chi connectivity index (χ4n) is 3.65. The molecule has 1 N–H and O–H groups in total. The molecule has 31 heavy (non-hydrogen) atoms. The topological polar surface area (TPSA) is 91.8 Å². The van der Waals surface area contributed by atoms with Gasteiger partial charge in [0.25, 0.3) is 5.91 Å². The van der Waals surface area contributed by atoms with Crippen molar-refractivity contribution in [2.45, 2.75) is 18.6 Å². The van der Waals surface area contributed by atoms with Crippen LogP contribution >= 0.6 is 0 Å². The molecular weight excluding hydrogens is 398 g/mol. The second kappa shape index (κ2) is 8.14. The lowest BCUT2D eigenvalue weighted by molar-refractivity contribution is -0.130. The molecule has 1 amide bonds. The summed E-state index contributed by atoms with van der Waals surface area (Å²) in [6, 6.07) is 16.9. The first-order valence-electron chi connectivity index (χ1n) is 10.0. The van der Waals surface area contributed by atoms with E-state index in [9.17, 15) is 4.79 Å². The number of nitrogens with one attached hydrogen (secondary N) is 1. The molecule has 3 aromatic rings. The molecule has 0 aliphatic carbocycles. The van der Waals surface area contributed by atoms with Crippen molar-refractivity contribution in [3.8, 4) is 34.4 Å². The van der Waals surface area contributed by atoms with Crippen molar-refractivity contribution < 1.29 is 23.7 Å². The van der Waals surface area contributed by atoms with E-state index in [0.29, 0.717) is 30.3 Å². The van der Waals surface area contributed by atoms with E-state index in [2.05, 4.69) is 15.5 Å². The van der Waals surface area contributed by atoms with Gasteiger partial charge in [0.1, 0.15) is 18.5 Å². The zero-order valence-electron chi connectivity index (χ0n) is 16.9. The highest BCUT2D eigenvalue weighted by Crippen LogP contribution is 2.33. The zero-order chi connectivity index (χ0) is 21.2. The van der Waals surface area contributed by atoms with Gasteiger partial charge < -0.3 is 24.3 Å². The van der Waals surface area contributed by atoms with Crippen molar-refractivity contribution in [1.29, 1.82) is 0 Å². The molecule has 0 bridgehead atoms. The number of carbonyl (C=O) groups is 1. The van der Waals surface area contributed by atoms with Crippen molar-refractivity contribution in [1.82, 2.24) is 15.5 Å². The van der Waals surface area contributed by atoms with Gasteiger partial charge in [-0.3, -0.25) is 4.79 Å². The van der Waals surface area contributed by atoms with Crippen molar-refractivity contribution in [2.75, 3.05) is 20.3 Å². The lowest BCUT2D eigenvalue weighted by Crippen LogP contribution is -2.46. The molecule has 0 fully saturated rings. The molecule has 1 aromatic heterocycles. The number of aromatic nitrogens is 2. The fraction of sp³-hybridized carbons (Fsp3) is 0.261. The molecule has 2 aromatic carbocycles. The third kappa shape index (κ3) is 3.96. The van der Waals surface area contributed by atoms with Crippen LogP contribution in [0.4, 0.5) is 0 Å². The summed E-state index contributed by atoms with van der Waals surface area (Å²) < 4.78 is 22.4. The molecular formula is C23H21N3O5. The number of hydrogen-bond donors (Lipinski definition) is 1. The van der Waals surface area contributed by atoms with Gasteiger partial charge in [0, 0.05) is 18.1 Å². The van der Waals surface area contributed by atoms with Crippen molar-refractivity contribution in [2.24, 2.45) is 0 Å². The molecule has 0 saturated heterocycles. The van der Waals surface area contributed by atoms with Crippen LogP contribution in [0.5, 0.6) is 23.1 Å². The fourth-order valence-corrected chi connectivity index (χ4v) is 3.65. The minimum absolute atomic E-state index is 0.145. The molecule has 0 spiro atoms. The Bertz CT molecular complexity index is 1100. The molecule has 8 nitrogen and oxygen atoms in total. The maximum atomic E-state index is 12.5. The number of nitrogens with zero attached hydrogens (tertiary/aromatic N) is 2. The molecule has 5 rings (SSSR count). The Hall–Kier alpha value is -3.81. The number of amides is 1. The summed E-state index contributed by atoms with van der Waals surface area (Å²) in [6.45, 7) is 0.563. The van der Waals surface area contributed by atoms with Crippen LogP contribution < -0.4 is 24.3 Å². The number of ether oxygens (including phenoxy) is 4. The van der Waals surface area contributed by atoms with E-state index in [-0.39, 0.29) is 18.6 Å². The summed E-state index contributed by atoms with van der Waals surface area (Å²) in [6.07, 6.45) is -0.135. The number of para-hydroxylation sites is 2. The van der Waals surface area contributed by atoms with Crippen molar-refractivity contribution in [3.05, 3.63) is 60.2 Å². The minimum atomic E-state index is -0.682. The van der Waals surface area contributed by atoms with Gasteiger partial charge in [-0.1, -0.05) is 12.1 Å². The molecule has 158 valence electrons. The van der Waals surface area contributed by atoms with Gasteiger partial charge in [0.05, 0.1) is 19.3 Å². The molecule has 0 unspecified atom stereocenters. The minimum Gasteiger partial charge on any atom is -0.488 e. The molecule has 2 atom stereocenters. The Morgan fingerprint density at radius 3 is 2.74 bits per heavy atom. The largest absolute Gasteiger partial charge is 0.488 e. The van der Waals surface area contributed by atoms with E-state index in [1.54, 1.807) is 19.2 Å². The Labute approximate surface area is 179 Å². The van der Waals surface area contributed by atoms with Gasteiger partial charge >= 0.3 is 0 Å². The number of benzene rings is 2. The summed E-state index contributed by atoms with van der Waals surface area (Å²) in [5.74, 6) is 2.30. The van der Waals surface area contributed by atoms with Crippen LogP contribution in [-0.4, -0.2) is 48.6 Å². The highest BCUT2D eigenvalue weighted by molar-refractivity contribution is 5.81. The standard InChI is InChI=1S/C23H21N3O5/c1-28-22-9-7-17(25-26-22)14-6-8-18-15(10-14)11-16(30-18)12-24-23(27)21-13-29-19-4-2-3-5-20(19)31-21/h2-10,16,21H,11-13H2,1H3,(H,24,27)/t16-,21-/m0/s1. The predicted molar refractivity (Wildman–Crippen MR) is 112 cm³/mol. The van der Waals surface area contributed by atoms with Gasteiger partial charge in [-0.05, 0) is 42.0 Å². The van der Waals surface area contributed by atoms with Crippen LogP contribution in [0.2, 0.25) is 0 Å². The zero-order valence-corrected chi connectivity index (χ0v) is 16.9.